The van der Waals surface area contributed by atoms with Crippen molar-refractivity contribution in [2.45, 2.75) is 9.96 Å². The molecule has 0 aliphatic carbocycles. The molecule has 0 radical (unpaired) electrons. The van der Waals surface area contributed by atoms with Gasteiger partial charge in [0.05, 0.1) is 5.02 Å². The molecule has 9 heteroatoms. The molecule has 2 aromatic rings. The van der Waals surface area contributed by atoms with Crippen LogP contribution in [0.4, 0.5) is 10.1 Å². The van der Waals surface area contributed by atoms with Crippen LogP contribution in [-0.4, -0.2) is 15.9 Å². The summed E-state index contributed by atoms with van der Waals surface area (Å²) in [5, 5.41) is 5.28. The maximum atomic E-state index is 13.5. The molecular formula is C15H10BrCl4FN2O. The summed E-state index contributed by atoms with van der Waals surface area (Å²) in [7, 11) is 0. The van der Waals surface area contributed by atoms with Crippen LogP contribution in [0.5, 0.6) is 0 Å². The first-order valence-corrected chi connectivity index (χ1v) is 8.82. The zero-order valence-electron chi connectivity index (χ0n) is 11.8. The number of amides is 1. The zero-order chi connectivity index (χ0) is 17.9. The Kier molecular flexibility index (Phi) is 6.62. The second kappa shape index (κ2) is 8.11. The summed E-state index contributed by atoms with van der Waals surface area (Å²) in [6.45, 7) is 0. The number of hydrogen-bond donors (Lipinski definition) is 2. The summed E-state index contributed by atoms with van der Waals surface area (Å²) in [5.74, 6) is -1.09. The fourth-order valence-corrected chi connectivity index (χ4v) is 2.48. The van der Waals surface area contributed by atoms with Gasteiger partial charge in [-0.25, -0.2) is 4.39 Å². The summed E-state index contributed by atoms with van der Waals surface area (Å²) in [4.78, 5) is 12.3. The van der Waals surface area contributed by atoms with Crippen molar-refractivity contribution in [3.8, 4) is 0 Å². The molecule has 2 N–H and O–H groups in total. The lowest BCUT2D eigenvalue weighted by molar-refractivity contribution is 0.0942. The molecule has 0 aliphatic rings. The second-order valence-electron chi connectivity index (χ2n) is 4.73. The lowest BCUT2D eigenvalue weighted by atomic mass is 10.2. The van der Waals surface area contributed by atoms with E-state index in [0.29, 0.717) is 11.3 Å². The number of carbonyl (C=O) groups excluding carboxylic acids is 1. The van der Waals surface area contributed by atoms with Gasteiger partial charge in [0, 0.05) is 15.7 Å². The normalized spacial score (nSPS) is 12.6. The molecule has 0 aliphatic heterocycles. The van der Waals surface area contributed by atoms with Crippen LogP contribution < -0.4 is 10.6 Å². The van der Waals surface area contributed by atoms with Gasteiger partial charge < -0.3 is 10.6 Å². The summed E-state index contributed by atoms with van der Waals surface area (Å²) in [6, 6.07) is 10.6. The smallest absolute Gasteiger partial charge is 0.252 e. The Bertz CT molecular complexity index is 737. The van der Waals surface area contributed by atoms with Crippen LogP contribution in [0, 0.1) is 5.82 Å². The molecule has 0 fully saturated rings. The van der Waals surface area contributed by atoms with Gasteiger partial charge in [0.2, 0.25) is 3.79 Å². The van der Waals surface area contributed by atoms with Gasteiger partial charge in [-0.3, -0.25) is 4.79 Å². The second-order valence-corrected chi connectivity index (χ2v) is 8.42. The average Bonchev–Trinajstić information content (AvgIpc) is 2.50. The largest absolute Gasteiger partial charge is 0.362 e. The number of hydrogen-bond acceptors (Lipinski definition) is 2. The highest BCUT2D eigenvalue weighted by Gasteiger charge is 2.34. The highest BCUT2D eigenvalue weighted by Crippen LogP contribution is 2.32. The maximum absolute atomic E-state index is 13.5. The van der Waals surface area contributed by atoms with Gasteiger partial charge in [0.25, 0.3) is 5.91 Å². The molecule has 1 amide bonds. The van der Waals surface area contributed by atoms with Crippen molar-refractivity contribution in [3.63, 3.8) is 0 Å². The Hall–Kier alpha value is -0.720. The van der Waals surface area contributed by atoms with Crippen molar-refractivity contribution in [2.75, 3.05) is 5.32 Å². The Morgan fingerprint density at radius 1 is 1.12 bits per heavy atom. The minimum atomic E-state index is -1.87. The maximum Gasteiger partial charge on any atom is 0.252 e. The summed E-state index contributed by atoms with van der Waals surface area (Å²) < 4.78 is 12.5. The highest BCUT2D eigenvalue weighted by atomic mass is 79.9. The first-order chi connectivity index (χ1) is 11.2. The molecule has 1 unspecified atom stereocenters. The lowest BCUT2D eigenvalue weighted by Gasteiger charge is -2.27. The highest BCUT2D eigenvalue weighted by molar-refractivity contribution is 9.10. The number of anilines is 1. The van der Waals surface area contributed by atoms with Crippen LogP contribution in [0.1, 0.15) is 10.4 Å². The van der Waals surface area contributed by atoms with Crippen molar-refractivity contribution in [3.05, 3.63) is 63.3 Å². The van der Waals surface area contributed by atoms with Gasteiger partial charge >= 0.3 is 0 Å². The summed E-state index contributed by atoms with van der Waals surface area (Å²) in [5.41, 5.74) is 0.672. The van der Waals surface area contributed by atoms with E-state index in [1.165, 1.54) is 12.1 Å². The Balaban J connectivity index is 2.18. The monoisotopic (exact) mass is 472 g/mol. The number of nitrogens with one attached hydrogen (secondary N) is 2. The predicted molar refractivity (Wildman–Crippen MR) is 101 cm³/mol. The van der Waals surface area contributed by atoms with Crippen LogP contribution in [0.3, 0.4) is 0 Å². The zero-order valence-corrected chi connectivity index (χ0v) is 16.4. The first-order valence-electron chi connectivity index (χ1n) is 6.51. The molecule has 2 rings (SSSR count). The molecular weight excluding hydrogens is 465 g/mol. The molecule has 0 spiro atoms. The number of benzene rings is 2. The Labute approximate surface area is 166 Å². The summed E-state index contributed by atoms with van der Waals surface area (Å²) in [6.07, 6.45) is -1.10. The Morgan fingerprint density at radius 3 is 2.29 bits per heavy atom. The van der Waals surface area contributed by atoms with Crippen molar-refractivity contribution in [2.24, 2.45) is 0 Å². The van der Waals surface area contributed by atoms with Crippen molar-refractivity contribution in [1.82, 2.24) is 5.32 Å². The van der Waals surface area contributed by atoms with Crippen LogP contribution in [-0.2, 0) is 0 Å². The van der Waals surface area contributed by atoms with Crippen LogP contribution in [0.15, 0.2) is 46.9 Å². The molecule has 0 bridgehead atoms. The van der Waals surface area contributed by atoms with Crippen molar-refractivity contribution < 1.29 is 9.18 Å². The van der Waals surface area contributed by atoms with Gasteiger partial charge in [-0.05, 0) is 42.5 Å². The molecule has 1 atom stereocenters. The number of carbonyl (C=O) groups is 1. The van der Waals surface area contributed by atoms with E-state index < -0.39 is 21.7 Å². The predicted octanol–water partition coefficient (Wildman–Crippen LogP) is 5.78. The number of halogens is 6. The fraction of sp³-hybridized carbons (Fsp3) is 0.133. The van der Waals surface area contributed by atoms with E-state index in [0.717, 1.165) is 10.5 Å². The fourth-order valence-electron chi connectivity index (χ4n) is 1.77. The molecule has 0 aromatic heterocycles. The van der Waals surface area contributed by atoms with Gasteiger partial charge in [-0.15, -0.1) is 0 Å². The minimum absolute atomic E-state index is 0.0371. The molecule has 0 heterocycles. The topological polar surface area (TPSA) is 41.1 Å². The Morgan fingerprint density at radius 2 is 1.75 bits per heavy atom. The molecule has 0 saturated heterocycles. The minimum Gasteiger partial charge on any atom is -0.362 e. The van der Waals surface area contributed by atoms with E-state index >= 15 is 0 Å². The summed E-state index contributed by atoms with van der Waals surface area (Å²) >= 11 is 26.6. The number of rotatable bonds is 4. The van der Waals surface area contributed by atoms with Gasteiger partial charge in [0.1, 0.15) is 12.0 Å². The lowest BCUT2D eigenvalue weighted by Crippen LogP contribution is -2.49. The van der Waals surface area contributed by atoms with Crippen LogP contribution in [0.25, 0.3) is 0 Å². The van der Waals surface area contributed by atoms with Crippen molar-refractivity contribution in [1.29, 1.82) is 0 Å². The quantitative estimate of drug-likeness (QED) is 0.435. The standard InChI is InChI=1S/C15H10BrCl4FN2O/c16-9-3-1-8(2-4-9)13(24)23-14(15(18,19)20)22-10-5-6-11(17)12(21)7-10/h1-7,14,22H,(H,23,24). The molecule has 24 heavy (non-hydrogen) atoms. The van der Waals surface area contributed by atoms with E-state index in [1.54, 1.807) is 24.3 Å². The van der Waals surface area contributed by atoms with Crippen LogP contribution >= 0.6 is 62.3 Å². The van der Waals surface area contributed by atoms with Crippen molar-refractivity contribution >= 4 is 73.9 Å². The molecule has 128 valence electrons. The van der Waals surface area contributed by atoms with E-state index in [9.17, 15) is 9.18 Å². The molecule has 0 saturated carbocycles. The van der Waals surface area contributed by atoms with E-state index in [2.05, 4.69) is 26.6 Å². The molecule has 2 aromatic carbocycles. The third kappa shape index (κ3) is 5.39. The average molecular weight is 475 g/mol. The van der Waals surface area contributed by atoms with E-state index in [-0.39, 0.29) is 5.02 Å². The first kappa shape index (κ1) is 19.6. The van der Waals surface area contributed by atoms with E-state index in [4.69, 9.17) is 46.4 Å². The van der Waals surface area contributed by atoms with Crippen LogP contribution in [0.2, 0.25) is 5.02 Å². The van der Waals surface area contributed by atoms with Gasteiger partial charge in [-0.2, -0.15) is 0 Å². The van der Waals surface area contributed by atoms with Gasteiger partial charge in [0.15, 0.2) is 0 Å². The molecule has 3 nitrogen and oxygen atoms in total. The number of alkyl halides is 3. The third-order valence-corrected chi connectivity index (χ3v) is 4.43. The SMILES string of the molecule is O=C(NC(Nc1ccc(Cl)c(F)c1)C(Cl)(Cl)Cl)c1ccc(Br)cc1. The third-order valence-electron chi connectivity index (χ3n) is 2.94. The van der Waals surface area contributed by atoms with E-state index in [1.807, 2.05) is 0 Å². The van der Waals surface area contributed by atoms with Gasteiger partial charge in [-0.1, -0.05) is 62.3 Å².